The summed E-state index contributed by atoms with van der Waals surface area (Å²) in [5, 5.41) is 10.9. The standard InChI is InChI=1S/C13H20N2O3S/c1-9(2)15(8-11-6-5-7-19-11)13(18)14(4)10(3)12(16)17/h5-7,9-10H,8H2,1-4H3,(H,16,17). The smallest absolute Gasteiger partial charge is 0.326 e. The number of rotatable bonds is 5. The van der Waals surface area contributed by atoms with Crippen LogP contribution in [0.4, 0.5) is 4.79 Å². The van der Waals surface area contributed by atoms with Crippen LogP contribution in [-0.2, 0) is 11.3 Å². The Bertz CT molecular complexity index is 431. The third-order valence-electron chi connectivity index (χ3n) is 3.02. The van der Waals surface area contributed by atoms with Crippen molar-refractivity contribution in [2.75, 3.05) is 7.05 Å². The molecule has 1 atom stereocenters. The molecule has 6 heteroatoms. The Balaban J connectivity index is 2.81. The largest absolute Gasteiger partial charge is 0.480 e. The van der Waals surface area contributed by atoms with Crippen molar-refractivity contribution < 1.29 is 14.7 Å². The van der Waals surface area contributed by atoms with E-state index in [9.17, 15) is 9.59 Å². The molecule has 0 bridgehead atoms. The van der Waals surface area contributed by atoms with E-state index in [2.05, 4.69) is 0 Å². The average molecular weight is 284 g/mol. The zero-order valence-corrected chi connectivity index (χ0v) is 12.5. The van der Waals surface area contributed by atoms with Gasteiger partial charge in [0, 0.05) is 18.0 Å². The fraction of sp³-hybridized carbons (Fsp3) is 0.538. The second kappa shape index (κ2) is 6.56. The van der Waals surface area contributed by atoms with E-state index in [1.165, 1.54) is 18.9 Å². The lowest BCUT2D eigenvalue weighted by atomic mass is 10.2. The highest BCUT2D eigenvalue weighted by Crippen LogP contribution is 2.16. The number of carbonyl (C=O) groups is 2. The van der Waals surface area contributed by atoms with Gasteiger partial charge in [0.05, 0.1) is 6.54 Å². The molecule has 0 aliphatic carbocycles. The molecule has 19 heavy (non-hydrogen) atoms. The van der Waals surface area contributed by atoms with E-state index in [4.69, 9.17) is 5.11 Å². The molecular weight excluding hydrogens is 264 g/mol. The minimum Gasteiger partial charge on any atom is -0.480 e. The second-order valence-corrected chi connectivity index (χ2v) is 5.74. The van der Waals surface area contributed by atoms with Crippen LogP contribution in [0.15, 0.2) is 17.5 Å². The normalized spacial score (nSPS) is 12.3. The van der Waals surface area contributed by atoms with E-state index < -0.39 is 12.0 Å². The van der Waals surface area contributed by atoms with Gasteiger partial charge >= 0.3 is 12.0 Å². The molecule has 0 saturated carbocycles. The molecule has 0 aromatic carbocycles. The van der Waals surface area contributed by atoms with Crippen LogP contribution in [0.1, 0.15) is 25.6 Å². The van der Waals surface area contributed by atoms with E-state index in [1.807, 2.05) is 31.4 Å². The van der Waals surface area contributed by atoms with Crippen LogP contribution in [0.25, 0.3) is 0 Å². The Morgan fingerprint density at radius 2 is 2.00 bits per heavy atom. The number of hydrogen-bond acceptors (Lipinski definition) is 3. The summed E-state index contributed by atoms with van der Waals surface area (Å²) in [4.78, 5) is 27.3. The van der Waals surface area contributed by atoms with Crippen LogP contribution in [0, 0.1) is 0 Å². The van der Waals surface area contributed by atoms with Gasteiger partial charge in [-0.05, 0) is 32.2 Å². The van der Waals surface area contributed by atoms with E-state index in [-0.39, 0.29) is 12.1 Å². The number of carboxylic acid groups (broad SMARTS) is 1. The van der Waals surface area contributed by atoms with Crippen LogP contribution in [0.3, 0.4) is 0 Å². The van der Waals surface area contributed by atoms with Gasteiger partial charge in [0.2, 0.25) is 0 Å². The van der Waals surface area contributed by atoms with Crippen LogP contribution >= 0.6 is 11.3 Å². The fourth-order valence-corrected chi connectivity index (χ4v) is 2.28. The Kier molecular flexibility index (Phi) is 5.35. The number of carbonyl (C=O) groups excluding carboxylic acids is 1. The van der Waals surface area contributed by atoms with Gasteiger partial charge in [-0.1, -0.05) is 6.07 Å². The molecule has 0 aliphatic heterocycles. The second-order valence-electron chi connectivity index (χ2n) is 4.71. The van der Waals surface area contributed by atoms with E-state index in [0.29, 0.717) is 6.54 Å². The summed E-state index contributed by atoms with van der Waals surface area (Å²) in [5.74, 6) is -1.00. The first-order chi connectivity index (χ1) is 8.84. The van der Waals surface area contributed by atoms with Crippen molar-refractivity contribution in [3.63, 3.8) is 0 Å². The maximum atomic E-state index is 12.3. The maximum absolute atomic E-state index is 12.3. The highest BCUT2D eigenvalue weighted by atomic mass is 32.1. The Morgan fingerprint density at radius 1 is 1.37 bits per heavy atom. The van der Waals surface area contributed by atoms with Crippen molar-refractivity contribution in [1.82, 2.24) is 9.80 Å². The van der Waals surface area contributed by atoms with Gasteiger partial charge in [-0.2, -0.15) is 0 Å². The number of hydrogen-bond donors (Lipinski definition) is 1. The Labute approximate surface area is 117 Å². The molecule has 1 unspecified atom stereocenters. The number of likely N-dealkylation sites (N-methyl/N-ethyl adjacent to an activating group) is 1. The molecule has 1 aromatic heterocycles. The summed E-state index contributed by atoms with van der Waals surface area (Å²) in [6.07, 6.45) is 0. The number of aliphatic carboxylic acids is 1. The van der Waals surface area contributed by atoms with Crippen molar-refractivity contribution >= 4 is 23.3 Å². The average Bonchev–Trinajstić information content (AvgIpc) is 2.85. The Morgan fingerprint density at radius 3 is 2.42 bits per heavy atom. The number of nitrogens with zero attached hydrogens (tertiary/aromatic N) is 2. The minimum absolute atomic E-state index is 0.0121. The monoisotopic (exact) mass is 284 g/mol. The third-order valence-corrected chi connectivity index (χ3v) is 3.88. The van der Waals surface area contributed by atoms with Crippen molar-refractivity contribution in [3.05, 3.63) is 22.4 Å². The zero-order chi connectivity index (χ0) is 14.6. The van der Waals surface area contributed by atoms with E-state index in [0.717, 1.165) is 4.88 Å². The minimum atomic E-state index is -1.00. The molecule has 0 saturated heterocycles. The number of thiophene rings is 1. The van der Waals surface area contributed by atoms with E-state index >= 15 is 0 Å². The quantitative estimate of drug-likeness (QED) is 0.903. The zero-order valence-electron chi connectivity index (χ0n) is 11.7. The molecule has 1 N–H and O–H groups in total. The SMILES string of the molecule is CC(C(=O)O)N(C)C(=O)N(Cc1cccs1)C(C)C. The van der Waals surface area contributed by atoms with Crippen molar-refractivity contribution in [2.24, 2.45) is 0 Å². The fourth-order valence-electron chi connectivity index (χ4n) is 1.58. The third kappa shape index (κ3) is 3.96. The van der Waals surface area contributed by atoms with Crippen LogP contribution in [0.2, 0.25) is 0 Å². The molecule has 2 amide bonds. The number of urea groups is 1. The highest BCUT2D eigenvalue weighted by Gasteiger charge is 2.27. The maximum Gasteiger partial charge on any atom is 0.326 e. The summed E-state index contributed by atoms with van der Waals surface area (Å²) in [5.41, 5.74) is 0. The predicted molar refractivity (Wildman–Crippen MR) is 75.3 cm³/mol. The van der Waals surface area contributed by atoms with Gasteiger partial charge in [-0.3, -0.25) is 0 Å². The van der Waals surface area contributed by atoms with Gasteiger partial charge in [0.15, 0.2) is 0 Å². The van der Waals surface area contributed by atoms with Crippen molar-refractivity contribution in [2.45, 2.75) is 39.4 Å². The molecule has 1 heterocycles. The van der Waals surface area contributed by atoms with Gasteiger partial charge in [0.25, 0.3) is 0 Å². The van der Waals surface area contributed by atoms with Gasteiger partial charge < -0.3 is 14.9 Å². The molecule has 0 spiro atoms. The number of amides is 2. The van der Waals surface area contributed by atoms with Crippen molar-refractivity contribution in [1.29, 1.82) is 0 Å². The lowest BCUT2D eigenvalue weighted by molar-refractivity contribution is -0.141. The van der Waals surface area contributed by atoms with Crippen LogP contribution in [-0.4, -0.2) is 46.0 Å². The predicted octanol–water partition coefficient (Wildman–Crippen LogP) is 2.48. The summed E-state index contributed by atoms with van der Waals surface area (Å²) >= 11 is 1.58. The lowest BCUT2D eigenvalue weighted by Crippen LogP contribution is -2.49. The highest BCUT2D eigenvalue weighted by molar-refractivity contribution is 7.09. The molecular formula is C13H20N2O3S. The topological polar surface area (TPSA) is 60.9 Å². The molecule has 5 nitrogen and oxygen atoms in total. The molecule has 1 rings (SSSR count). The van der Waals surface area contributed by atoms with E-state index in [1.54, 1.807) is 16.2 Å². The molecule has 0 aliphatic rings. The molecule has 0 radical (unpaired) electrons. The van der Waals surface area contributed by atoms with Crippen molar-refractivity contribution in [3.8, 4) is 0 Å². The van der Waals surface area contributed by atoms with Crippen LogP contribution in [0.5, 0.6) is 0 Å². The Hall–Kier alpha value is -1.56. The first-order valence-electron chi connectivity index (χ1n) is 6.13. The summed E-state index contributed by atoms with van der Waals surface area (Å²) in [7, 11) is 1.52. The van der Waals surface area contributed by atoms with Gasteiger partial charge in [-0.25, -0.2) is 9.59 Å². The summed E-state index contributed by atoms with van der Waals surface area (Å²) in [6, 6.07) is 2.81. The summed E-state index contributed by atoms with van der Waals surface area (Å²) < 4.78 is 0. The first kappa shape index (κ1) is 15.5. The first-order valence-corrected chi connectivity index (χ1v) is 7.01. The molecule has 1 aromatic rings. The van der Waals surface area contributed by atoms with Crippen LogP contribution < -0.4 is 0 Å². The number of carboxylic acids is 1. The summed E-state index contributed by atoms with van der Waals surface area (Å²) in [6.45, 7) is 5.85. The molecule has 0 fully saturated rings. The lowest BCUT2D eigenvalue weighted by Gasteiger charge is -2.32. The van der Waals surface area contributed by atoms with Gasteiger partial charge in [-0.15, -0.1) is 11.3 Å². The van der Waals surface area contributed by atoms with Gasteiger partial charge in [0.1, 0.15) is 6.04 Å². The molecule has 106 valence electrons.